The quantitative estimate of drug-likeness (QED) is 0.0357. The number of carbonyl (C=O) groups excluding carboxylic acids is 8. The van der Waals surface area contributed by atoms with Crippen molar-refractivity contribution in [3.8, 4) is 0 Å². The summed E-state index contributed by atoms with van der Waals surface area (Å²) >= 11 is 0. The Bertz CT molecular complexity index is 1390. The third-order valence-electron chi connectivity index (χ3n) is 6.78. The molecular formula is C41H82N12O14. The Morgan fingerprint density at radius 2 is 0.791 bits per heavy atom. The normalized spacial score (nSPS) is 10.8. The standard InChI is InChI=1S/C8H16N2O3.C7H14N2O3.2C6H12N2O.2C5H10N2O.2C2H4O2/c1-5(13-6(2)11)7(9-3)8(12)10-4;1-5(10)12-4-6(8-2)7(11)9-3;2*1-4-5(7-2)6(9)8-3;2*1-4(6-2)5(8)7-3;2*1-2(3)4/h5,7,9H,1-4H3,(H,10,12);6,8H,4H2,1-3H3,(H,9,11);2*4-5,7H,1H2,2-3H3,(H,8,9);2*6H,1H2,2-3H3,(H,7,8);2*1H3,(H,3,4). The number of ether oxygens (including phenoxy) is 2. The maximum atomic E-state index is 11.2. The van der Waals surface area contributed by atoms with E-state index in [4.69, 9.17) is 24.5 Å². The third-order valence-corrected chi connectivity index (χ3v) is 6.78. The highest BCUT2D eigenvalue weighted by Gasteiger charge is 2.24. The lowest BCUT2D eigenvalue weighted by Crippen LogP contribution is -2.49. The summed E-state index contributed by atoms with van der Waals surface area (Å²) in [7, 11) is 19.4. The average Bonchev–Trinajstić information content (AvgIpc) is 3.28. The molecule has 6 amide bonds. The summed E-state index contributed by atoms with van der Waals surface area (Å²) < 4.78 is 9.52. The molecule has 0 heterocycles. The fourth-order valence-corrected chi connectivity index (χ4v) is 3.28. The van der Waals surface area contributed by atoms with E-state index in [-0.39, 0.29) is 60.1 Å². The van der Waals surface area contributed by atoms with Gasteiger partial charge in [-0.25, -0.2) is 0 Å². The summed E-state index contributed by atoms with van der Waals surface area (Å²) in [5, 5.41) is 45.8. The van der Waals surface area contributed by atoms with Crippen LogP contribution in [-0.2, 0) is 57.4 Å². The van der Waals surface area contributed by atoms with Crippen molar-refractivity contribution < 1.29 is 67.6 Å². The van der Waals surface area contributed by atoms with E-state index < -0.39 is 36.1 Å². The van der Waals surface area contributed by atoms with E-state index >= 15 is 0 Å². The molecule has 0 rings (SSSR count). The first-order valence-electron chi connectivity index (χ1n) is 19.7. The van der Waals surface area contributed by atoms with Crippen LogP contribution in [0.15, 0.2) is 49.9 Å². The van der Waals surface area contributed by atoms with Gasteiger partial charge >= 0.3 is 11.9 Å². The highest BCUT2D eigenvalue weighted by molar-refractivity contribution is 5.92. The van der Waals surface area contributed by atoms with Gasteiger partial charge in [-0.1, -0.05) is 25.3 Å². The van der Waals surface area contributed by atoms with Gasteiger partial charge in [0.25, 0.3) is 23.8 Å². The van der Waals surface area contributed by atoms with Crippen molar-refractivity contribution in [3.05, 3.63) is 49.9 Å². The average molecular weight is 967 g/mol. The molecule has 0 bridgehead atoms. The van der Waals surface area contributed by atoms with Crippen LogP contribution in [0.2, 0.25) is 0 Å². The molecule has 0 aliphatic rings. The van der Waals surface area contributed by atoms with Crippen LogP contribution in [0.4, 0.5) is 0 Å². The molecule has 26 heteroatoms. The van der Waals surface area contributed by atoms with E-state index in [1.807, 2.05) is 0 Å². The molecular weight excluding hydrogens is 885 g/mol. The van der Waals surface area contributed by atoms with E-state index in [9.17, 15) is 38.4 Å². The molecule has 0 radical (unpaired) electrons. The number of hydrogen-bond donors (Lipinski definition) is 14. The van der Waals surface area contributed by atoms with Crippen molar-refractivity contribution in [1.29, 1.82) is 0 Å². The molecule has 14 N–H and O–H groups in total. The maximum absolute atomic E-state index is 11.2. The first-order chi connectivity index (χ1) is 31.1. The summed E-state index contributed by atoms with van der Waals surface area (Å²) in [4.78, 5) is 104. The summed E-state index contributed by atoms with van der Waals surface area (Å²) in [5.74, 6) is -3.31. The summed E-state index contributed by atoms with van der Waals surface area (Å²) in [6, 6.07) is -1.52. The lowest BCUT2D eigenvalue weighted by atomic mass is 10.1. The predicted octanol–water partition coefficient (Wildman–Crippen LogP) is -3.72. The zero-order valence-electron chi connectivity index (χ0n) is 42.4. The molecule has 26 nitrogen and oxygen atoms in total. The molecule has 0 aromatic rings. The van der Waals surface area contributed by atoms with Crippen LogP contribution < -0.4 is 63.8 Å². The first-order valence-corrected chi connectivity index (χ1v) is 19.7. The molecule has 0 saturated carbocycles. The van der Waals surface area contributed by atoms with Crippen LogP contribution in [0, 0.1) is 0 Å². The molecule has 0 aliphatic carbocycles. The zero-order chi connectivity index (χ0) is 54.8. The van der Waals surface area contributed by atoms with E-state index in [0.29, 0.717) is 11.4 Å². The highest BCUT2D eigenvalue weighted by atomic mass is 16.5. The Hall–Kier alpha value is -6.90. The van der Waals surface area contributed by atoms with Crippen LogP contribution in [0.25, 0.3) is 0 Å². The fourth-order valence-electron chi connectivity index (χ4n) is 3.28. The molecule has 67 heavy (non-hydrogen) atoms. The van der Waals surface area contributed by atoms with Gasteiger partial charge in [-0.15, -0.1) is 13.2 Å². The van der Waals surface area contributed by atoms with Crippen molar-refractivity contribution in [1.82, 2.24) is 63.8 Å². The van der Waals surface area contributed by atoms with Crippen LogP contribution in [0.5, 0.6) is 0 Å². The molecule has 0 fully saturated rings. The van der Waals surface area contributed by atoms with Crippen molar-refractivity contribution >= 4 is 59.3 Å². The molecule has 0 aliphatic heterocycles. The molecule has 5 unspecified atom stereocenters. The highest BCUT2D eigenvalue weighted by Crippen LogP contribution is 1.99. The minimum absolute atomic E-state index is 0.0610. The summed E-state index contributed by atoms with van der Waals surface area (Å²) in [6.07, 6.45) is 2.64. The molecule has 390 valence electrons. The number of rotatable bonds is 18. The Morgan fingerprint density at radius 3 is 0.940 bits per heavy atom. The second-order valence-electron chi connectivity index (χ2n) is 11.8. The molecule has 0 spiro atoms. The van der Waals surface area contributed by atoms with Gasteiger partial charge in [0.05, 0.1) is 11.4 Å². The molecule has 0 aromatic heterocycles. The van der Waals surface area contributed by atoms with E-state index in [0.717, 1.165) is 13.8 Å². The monoisotopic (exact) mass is 967 g/mol. The lowest BCUT2D eigenvalue weighted by molar-refractivity contribution is -0.148. The smallest absolute Gasteiger partial charge is 0.302 e. The van der Waals surface area contributed by atoms with Gasteiger partial charge in [-0.3, -0.25) is 47.9 Å². The number of nitrogens with one attached hydrogen (secondary N) is 12. The van der Waals surface area contributed by atoms with Gasteiger partial charge in [0, 0.05) is 84.1 Å². The van der Waals surface area contributed by atoms with Crippen LogP contribution in [-0.4, -0.2) is 191 Å². The van der Waals surface area contributed by atoms with Gasteiger partial charge < -0.3 is 83.5 Å². The van der Waals surface area contributed by atoms with Crippen LogP contribution in [0.3, 0.4) is 0 Å². The van der Waals surface area contributed by atoms with Gasteiger partial charge in [0.15, 0.2) is 0 Å². The largest absolute Gasteiger partial charge is 0.481 e. The number of carboxylic acids is 2. The number of aliphatic carboxylic acids is 2. The minimum atomic E-state index is -0.833. The lowest BCUT2D eigenvalue weighted by Gasteiger charge is -2.21. The van der Waals surface area contributed by atoms with Crippen molar-refractivity contribution in [2.75, 3.05) is 91.2 Å². The fraction of sp³-hybridized carbons (Fsp3) is 0.561. The minimum Gasteiger partial charge on any atom is -0.481 e. The number of carbonyl (C=O) groups is 10. The Morgan fingerprint density at radius 1 is 0.478 bits per heavy atom. The van der Waals surface area contributed by atoms with Gasteiger partial charge in [0.2, 0.25) is 23.6 Å². The van der Waals surface area contributed by atoms with Gasteiger partial charge in [-0.2, -0.15) is 0 Å². The maximum Gasteiger partial charge on any atom is 0.302 e. The van der Waals surface area contributed by atoms with Crippen molar-refractivity contribution in [3.63, 3.8) is 0 Å². The second-order valence-corrected chi connectivity index (χ2v) is 11.8. The van der Waals surface area contributed by atoms with Gasteiger partial charge in [-0.05, 0) is 35.1 Å². The number of esters is 2. The van der Waals surface area contributed by atoms with Crippen molar-refractivity contribution in [2.24, 2.45) is 0 Å². The molecule has 0 saturated heterocycles. The van der Waals surface area contributed by atoms with E-state index in [1.165, 1.54) is 27.9 Å². The number of carboxylic acid groups (broad SMARTS) is 2. The van der Waals surface area contributed by atoms with Crippen molar-refractivity contribution in [2.45, 2.75) is 64.9 Å². The number of hydrogen-bond acceptors (Lipinski definition) is 18. The second kappa shape index (κ2) is 53.4. The SMILES string of the molecule is C=C(NC)C(=O)NC.C=C(NC)C(=O)NC.C=CC(NC)C(=O)NC.C=CC(NC)C(=O)NC.CC(=O)O.CC(=O)O.CNC(=O)C(COC(C)=O)NC.CNC(=O)C(NC)C(C)OC(C)=O. The molecule has 5 atom stereocenters. The topological polar surface area (TPSA) is 374 Å². The van der Waals surface area contributed by atoms with Crippen LogP contribution >= 0.6 is 0 Å². The third kappa shape index (κ3) is 57.1. The number of likely N-dealkylation sites (N-methyl/N-ethyl adjacent to an activating group) is 12. The van der Waals surface area contributed by atoms with Gasteiger partial charge in [0.1, 0.15) is 36.9 Å². The Labute approximate surface area is 396 Å². The van der Waals surface area contributed by atoms with E-state index in [1.54, 1.807) is 89.6 Å². The predicted molar refractivity (Wildman–Crippen MR) is 257 cm³/mol. The Kier molecular flexibility index (Phi) is 61.7. The number of amides is 6. The first kappa shape index (κ1) is 77.3. The van der Waals surface area contributed by atoms with Crippen LogP contribution in [0.1, 0.15) is 34.6 Å². The summed E-state index contributed by atoms with van der Waals surface area (Å²) in [5.41, 5.74) is 0.764. The zero-order valence-corrected chi connectivity index (χ0v) is 42.4. The Balaban J connectivity index is -0.000000101. The summed E-state index contributed by atoms with van der Waals surface area (Å²) in [6.45, 7) is 20.3. The molecule has 0 aromatic carbocycles. The van der Waals surface area contributed by atoms with E-state index in [2.05, 4.69) is 94.9 Å².